The van der Waals surface area contributed by atoms with E-state index in [0.29, 0.717) is 6.54 Å². The summed E-state index contributed by atoms with van der Waals surface area (Å²) in [6, 6.07) is 13.9. The second-order valence-electron chi connectivity index (χ2n) is 6.02. The molecule has 6 heteroatoms. The van der Waals surface area contributed by atoms with Gasteiger partial charge in [0, 0.05) is 23.9 Å². The van der Waals surface area contributed by atoms with Crippen molar-refractivity contribution in [2.75, 3.05) is 6.61 Å². The molecule has 2 heterocycles. The lowest BCUT2D eigenvalue weighted by molar-refractivity contribution is -0.117. The van der Waals surface area contributed by atoms with Gasteiger partial charge in [0.05, 0.1) is 18.0 Å². The van der Waals surface area contributed by atoms with Crippen molar-refractivity contribution in [3.8, 4) is 10.6 Å². The summed E-state index contributed by atoms with van der Waals surface area (Å²) in [4.78, 5) is 13.0. The molecular formula is C20H21N3O2S. The Kier molecular flexibility index (Phi) is 5.99. The van der Waals surface area contributed by atoms with Gasteiger partial charge in [-0.1, -0.05) is 36.4 Å². The summed E-state index contributed by atoms with van der Waals surface area (Å²) in [6.07, 6.45) is 5.19. The van der Waals surface area contributed by atoms with Gasteiger partial charge < -0.3 is 10.4 Å². The standard InChI is InChI=1S/C20H21N3O2S/c1-15(14-24)21-19(25)10-9-17-13-23(12-16-6-3-2-4-7-16)22-20(17)18-8-5-11-26-18/h2-11,13,15,24H,12,14H2,1H3,(H,21,25)/b10-9+. The Labute approximate surface area is 156 Å². The number of hydrogen-bond donors (Lipinski definition) is 2. The molecule has 3 rings (SSSR count). The lowest BCUT2D eigenvalue weighted by atomic mass is 10.2. The second-order valence-corrected chi connectivity index (χ2v) is 6.97. The van der Waals surface area contributed by atoms with Crippen molar-refractivity contribution in [2.24, 2.45) is 0 Å². The van der Waals surface area contributed by atoms with Gasteiger partial charge in [-0.3, -0.25) is 9.48 Å². The first-order chi connectivity index (χ1) is 12.7. The van der Waals surface area contributed by atoms with E-state index in [1.807, 2.05) is 46.6 Å². The van der Waals surface area contributed by atoms with E-state index in [1.54, 1.807) is 24.3 Å². The van der Waals surface area contributed by atoms with Crippen LogP contribution < -0.4 is 5.32 Å². The molecule has 0 aliphatic carbocycles. The van der Waals surface area contributed by atoms with E-state index in [-0.39, 0.29) is 18.6 Å². The van der Waals surface area contributed by atoms with Crippen molar-refractivity contribution in [1.29, 1.82) is 0 Å². The Morgan fingerprint density at radius 3 is 2.81 bits per heavy atom. The molecular weight excluding hydrogens is 346 g/mol. The monoisotopic (exact) mass is 367 g/mol. The summed E-state index contributed by atoms with van der Waals surface area (Å²) in [5.41, 5.74) is 2.91. The Balaban J connectivity index is 1.84. The zero-order chi connectivity index (χ0) is 18.4. The van der Waals surface area contributed by atoms with Crippen LogP contribution in [0.4, 0.5) is 0 Å². The first-order valence-corrected chi connectivity index (χ1v) is 9.28. The number of aliphatic hydroxyl groups is 1. The van der Waals surface area contributed by atoms with E-state index in [1.165, 1.54) is 6.08 Å². The quantitative estimate of drug-likeness (QED) is 0.630. The molecule has 0 aliphatic heterocycles. The highest BCUT2D eigenvalue weighted by Crippen LogP contribution is 2.27. The molecule has 0 radical (unpaired) electrons. The lowest BCUT2D eigenvalue weighted by Crippen LogP contribution is -2.33. The maximum atomic E-state index is 11.9. The molecule has 1 atom stereocenters. The summed E-state index contributed by atoms with van der Waals surface area (Å²) in [6.45, 7) is 2.33. The van der Waals surface area contributed by atoms with E-state index in [4.69, 9.17) is 10.2 Å². The van der Waals surface area contributed by atoms with Gasteiger partial charge in [0.1, 0.15) is 5.69 Å². The van der Waals surface area contributed by atoms with Crippen molar-refractivity contribution in [3.05, 3.63) is 71.2 Å². The molecule has 0 fully saturated rings. The van der Waals surface area contributed by atoms with E-state index in [2.05, 4.69) is 17.4 Å². The van der Waals surface area contributed by atoms with Crippen LogP contribution in [0.2, 0.25) is 0 Å². The number of rotatable bonds is 7. The van der Waals surface area contributed by atoms with E-state index >= 15 is 0 Å². The van der Waals surface area contributed by atoms with E-state index in [0.717, 1.165) is 21.7 Å². The molecule has 0 aliphatic rings. The molecule has 0 spiro atoms. The van der Waals surface area contributed by atoms with Crippen LogP contribution in [0.15, 0.2) is 60.1 Å². The number of benzene rings is 1. The molecule has 2 N–H and O–H groups in total. The Morgan fingerprint density at radius 1 is 1.31 bits per heavy atom. The fourth-order valence-electron chi connectivity index (χ4n) is 2.52. The fraction of sp³-hybridized carbons (Fsp3) is 0.200. The normalized spacial score (nSPS) is 12.4. The van der Waals surface area contributed by atoms with Gasteiger partial charge in [0.2, 0.25) is 5.91 Å². The van der Waals surface area contributed by atoms with Gasteiger partial charge in [-0.2, -0.15) is 5.10 Å². The van der Waals surface area contributed by atoms with Crippen LogP contribution in [-0.2, 0) is 11.3 Å². The molecule has 1 unspecified atom stereocenters. The molecule has 1 aromatic carbocycles. The van der Waals surface area contributed by atoms with Crippen molar-refractivity contribution in [3.63, 3.8) is 0 Å². The van der Waals surface area contributed by atoms with Crippen LogP contribution in [0.1, 0.15) is 18.1 Å². The van der Waals surface area contributed by atoms with Crippen molar-refractivity contribution >= 4 is 23.3 Å². The SMILES string of the molecule is CC(CO)NC(=O)/C=C/c1cn(Cc2ccccc2)nc1-c1cccs1. The average molecular weight is 367 g/mol. The summed E-state index contributed by atoms with van der Waals surface area (Å²) in [5.74, 6) is -0.237. The van der Waals surface area contributed by atoms with Gasteiger partial charge in [-0.25, -0.2) is 0 Å². The number of nitrogens with zero attached hydrogens (tertiary/aromatic N) is 2. The lowest BCUT2D eigenvalue weighted by Gasteiger charge is -2.07. The zero-order valence-electron chi connectivity index (χ0n) is 14.5. The van der Waals surface area contributed by atoms with E-state index < -0.39 is 0 Å². The van der Waals surface area contributed by atoms with Gasteiger partial charge in [-0.05, 0) is 30.0 Å². The Hall–Kier alpha value is -2.70. The number of carbonyl (C=O) groups is 1. The second kappa shape index (κ2) is 8.60. The van der Waals surface area contributed by atoms with Crippen LogP contribution in [0, 0.1) is 0 Å². The summed E-state index contributed by atoms with van der Waals surface area (Å²) < 4.78 is 1.89. The van der Waals surface area contributed by atoms with Crippen LogP contribution in [-0.4, -0.2) is 33.4 Å². The number of hydrogen-bond acceptors (Lipinski definition) is 4. The third-order valence-corrected chi connectivity index (χ3v) is 4.69. The number of nitrogens with one attached hydrogen (secondary N) is 1. The summed E-state index contributed by atoms with van der Waals surface area (Å²) >= 11 is 1.62. The Bertz CT molecular complexity index is 870. The largest absolute Gasteiger partial charge is 0.394 e. The molecule has 2 aromatic heterocycles. The van der Waals surface area contributed by atoms with Gasteiger partial charge in [-0.15, -0.1) is 11.3 Å². The third kappa shape index (κ3) is 4.68. The fourth-order valence-corrected chi connectivity index (χ4v) is 3.25. The summed E-state index contributed by atoms with van der Waals surface area (Å²) in [7, 11) is 0. The number of aliphatic hydroxyl groups excluding tert-OH is 1. The predicted octanol–water partition coefficient (Wildman–Crippen LogP) is 3.17. The van der Waals surface area contributed by atoms with Gasteiger partial charge in [0.25, 0.3) is 0 Å². The maximum absolute atomic E-state index is 11.9. The van der Waals surface area contributed by atoms with Crippen LogP contribution >= 0.6 is 11.3 Å². The number of carbonyl (C=O) groups excluding carboxylic acids is 1. The van der Waals surface area contributed by atoms with Crippen molar-refractivity contribution < 1.29 is 9.90 Å². The zero-order valence-corrected chi connectivity index (χ0v) is 15.3. The Morgan fingerprint density at radius 2 is 2.12 bits per heavy atom. The third-order valence-electron chi connectivity index (χ3n) is 3.81. The number of aromatic nitrogens is 2. The van der Waals surface area contributed by atoms with E-state index in [9.17, 15) is 4.79 Å². The topological polar surface area (TPSA) is 67.2 Å². The van der Waals surface area contributed by atoms with Crippen molar-refractivity contribution in [2.45, 2.75) is 19.5 Å². The highest BCUT2D eigenvalue weighted by Gasteiger charge is 2.11. The minimum absolute atomic E-state index is 0.0883. The molecule has 0 bridgehead atoms. The molecule has 0 saturated heterocycles. The minimum Gasteiger partial charge on any atom is -0.394 e. The van der Waals surface area contributed by atoms with Crippen LogP contribution in [0.3, 0.4) is 0 Å². The minimum atomic E-state index is -0.273. The maximum Gasteiger partial charge on any atom is 0.244 e. The molecule has 0 saturated carbocycles. The number of thiophene rings is 1. The highest BCUT2D eigenvalue weighted by molar-refractivity contribution is 7.13. The van der Waals surface area contributed by atoms with Gasteiger partial charge in [0.15, 0.2) is 0 Å². The first-order valence-electron chi connectivity index (χ1n) is 8.40. The average Bonchev–Trinajstić information content (AvgIpc) is 3.30. The molecule has 3 aromatic rings. The molecule has 26 heavy (non-hydrogen) atoms. The molecule has 134 valence electrons. The first kappa shape index (κ1) is 18.1. The number of amides is 1. The molecule has 1 amide bonds. The predicted molar refractivity (Wildman–Crippen MR) is 105 cm³/mol. The van der Waals surface area contributed by atoms with Gasteiger partial charge >= 0.3 is 0 Å². The van der Waals surface area contributed by atoms with Crippen LogP contribution in [0.25, 0.3) is 16.6 Å². The van der Waals surface area contributed by atoms with Crippen molar-refractivity contribution in [1.82, 2.24) is 15.1 Å². The highest BCUT2D eigenvalue weighted by atomic mass is 32.1. The molecule has 5 nitrogen and oxygen atoms in total. The smallest absolute Gasteiger partial charge is 0.244 e. The van der Waals surface area contributed by atoms with Crippen LogP contribution in [0.5, 0.6) is 0 Å². The summed E-state index contributed by atoms with van der Waals surface area (Å²) in [5, 5.41) is 18.4.